The number of amides is 1. The smallest absolute Gasteiger partial charge is 0.244 e. The Morgan fingerprint density at radius 1 is 1.04 bits per heavy atom. The highest BCUT2D eigenvalue weighted by Gasteiger charge is 2.13. The van der Waals surface area contributed by atoms with E-state index < -0.39 is 0 Å². The van der Waals surface area contributed by atoms with E-state index in [1.54, 1.807) is 0 Å². The zero-order chi connectivity index (χ0) is 19.5. The van der Waals surface area contributed by atoms with Crippen LogP contribution in [0, 0.1) is 0 Å². The molecule has 0 saturated heterocycles. The highest BCUT2D eigenvalue weighted by Crippen LogP contribution is 2.31. The van der Waals surface area contributed by atoms with Crippen LogP contribution in [-0.4, -0.2) is 24.8 Å². The molecule has 1 aliphatic rings. The van der Waals surface area contributed by atoms with Gasteiger partial charge in [0.05, 0.1) is 12.1 Å². The highest BCUT2D eigenvalue weighted by molar-refractivity contribution is 9.10. The number of halogens is 1. The molecule has 4 rings (SSSR count). The molecule has 0 spiro atoms. The summed E-state index contributed by atoms with van der Waals surface area (Å²) < 4.78 is 12.1. The maximum atomic E-state index is 12.4. The van der Waals surface area contributed by atoms with Crippen LogP contribution in [0.15, 0.2) is 64.2 Å². The van der Waals surface area contributed by atoms with E-state index in [2.05, 4.69) is 26.5 Å². The van der Waals surface area contributed by atoms with Gasteiger partial charge in [0, 0.05) is 10.0 Å². The third kappa shape index (κ3) is 3.87. The van der Waals surface area contributed by atoms with Crippen molar-refractivity contribution in [2.45, 2.75) is 13.3 Å². The molecule has 0 unspecified atom stereocenters. The first-order valence-corrected chi connectivity index (χ1v) is 9.80. The van der Waals surface area contributed by atoms with Crippen molar-refractivity contribution in [1.29, 1.82) is 0 Å². The number of ether oxygens (including phenoxy) is 2. The minimum absolute atomic E-state index is 0.163. The first kappa shape index (κ1) is 18.5. The van der Waals surface area contributed by atoms with Crippen LogP contribution < -0.4 is 14.9 Å². The van der Waals surface area contributed by atoms with E-state index in [4.69, 9.17) is 9.47 Å². The van der Waals surface area contributed by atoms with Gasteiger partial charge < -0.3 is 9.47 Å². The zero-order valence-corrected chi connectivity index (χ0v) is 17.0. The molecule has 5 nitrogen and oxygen atoms in total. The van der Waals surface area contributed by atoms with Crippen LogP contribution in [0.25, 0.3) is 10.8 Å². The molecule has 0 aromatic heterocycles. The number of carbonyl (C=O) groups is 1. The molecule has 0 aliphatic carbocycles. The molecular formula is C22H19BrN2O3. The van der Waals surface area contributed by atoms with E-state index in [1.165, 1.54) is 0 Å². The van der Waals surface area contributed by atoms with Crippen LogP contribution in [0.1, 0.15) is 18.1 Å². The van der Waals surface area contributed by atoms with E-state index in [9.17, 15) is 4.79 Å². The number of hydrogen-bond acceptors (Lipinski definition) is 4. The first-order chi connectivity index (χ1) is 13.6. The predicted octanol–water partition coefficient (Wildman–Crippen LogP) is 4.46. The van der Waals surface area contributed by atoms with Gasteiger partial charge in [-0.3, -0.25) is 4.79 Å². The van der Waals surface area contributed by atoms with E-state index in [0.717, 1.165) is 32.1 Å². The van der Waals surface area contributed by atoms with Crippen molar-refractivity contribution in [3.05, 3.63) is 70.2 Å². The summed E-state index contributed by atoms with van der Waals surface area (Å²) in [4.78, 5) is 12.4. The third-order valence-electron chi connectivity index (χ3n) is 4.62. The molecule has 0 bridgehead atoms. The molecule has 1 amide bonds. The second kappa shape index (κ2) is 8.02. The third-order valence-corrected chi connectivity index (χ3v) is 5.31. The average Bonchev–Trinajstić information content (AvgIpc) is 2.74. The Bertz CT molecular complexity index is 1080. The van der Waals surface area contributed by atoms with Crippen molar-refractivity contribution in [2.24, 2.45) is 5.10 Å². The lowest BCUT2D eigenvalue weighted by Crippen LogP contribution is -2.21. The molecule has 3 aromatic carbocycles. The number of nitrogens with zero attached hydrogens (tertiary/aromatic N) is 1. The van der Waals surface area contributed by atoms with Crippen molar-refractivity contribution in [2.75, 3.05) is 13.2 Å². The first-order valence-electron chi connectivity index (χ1n) is 9.01. The Morgan fingerprint density at radius 2 is 1.79 bits per heavy atom. The van der Waals surface area contributed by atoms with Crippen LogP contribution in [0.5, 0.6) is 11.5 Å². The lowest BCUT2D eigenvalue weighted by Gasteiger charge is -2.18. The van der Waals surface area contributed by atoms with Crippen LogP contribution in [0.2, 0.25) is 0 Å². The molecule has 6 heteroatoms. The monoisotopic (exact) mass is 438 g/mol. The maximum Gasteiger partial charge on any atom is 0.244 e. The number of rotatable bonds is 4. The lowest BCUT2D eigenvalue weighted by molar-refractivity contribution is -0.120. The molecule has 142 valence electrons. The highest BCUT2D eigenvalue weighted by atomic mass is 79.9. The normalized spacial score (nSPS) is 13.4. The van der Waals surface area contributed by atoms with Gasteiger partial charge >= 0.3 is 0 Å². The van der Waals surface area contributed by atoms with Crippen molar-refractivity contribution in [3.8, 4) is 11.5 Å². The van der Waals surface area contributed by atoms with E-state index in [-0.39, 0.29) is 12.3 Å². The van der Waals surface area contributed by atoms with Gasteiger partial charge in [0.2, 0.25) is 5.91 Å². The van der Waals surface area contributed by atoms with Crippen LogP contribution in [0.3, 0.4) is 0 Å². The van der Waals surface area contributed by atoms with Crippen LogP contribution in [0.4, 0.5) is 0 Å². The van der Waals surface area contributed by atoms with Gasteiger partial charge in [0.15, 0.2) is 11.5 Å². The molecule has 28 heavy (non-hydrogen) atoms. The zero-order valence-electron chi connectivity index (χ0n) is 15.4. The number of carbonyl (C=O) groups excluding carboxylic acids is 1. The summed E-state index contributed by atoms with van der Waals surface area (Å²) in [6.07, 6.45) is 0.256. The Labute approximate surface area is 171 Å². The van der Waals surface area contributed by atoms with Crippen molar-refractivity contribution in [1.82, 2.24) is 5.43 Å². The van der Waals surface area contributed by atoms with Crippen molar-refractivity contribution >= 4 is 38.3 Å². The van der Waals surface area contributed by atoms with Gasteiger partial charge in [-0.05, 0) is 47.5 Å². The fourth-order valence-electron chi connectivity index (χ4n) is 3.17. The minimum Gasteiger partial charge on any atom is -0.486 e. The fraction of sp³-hybridized carbons (Fsp3) is 0.182. The molecule has 1 aliphatic heterocycles. The summed E-state index contributed by atoms with van der Waals surface area (Å²) in [7, 11) is 0. The van der Waals surface area contributed by atoms with Gasteiger partial charge in [0.25, 0.3) is 0 Å². The topological polar surface area (TPSA) is 59.9 Å². The minimum atomic E-state index is -0.163. The summed E-state index contributed by atoms with van der Waals surface area (Å²) in [6.45, 7) is 2.94. The molecule has 0 saturated carbocycles. The summed E-state index contributed by atoms with van der Waals surface area (Å²) in [5.41, 5.74) is 5.19. The van der Waals surface area contributed by atoms with E-state index in [0.29, 0.717) is 24.7 Å². The Morgan fingerprint density at radius 3 is 2.61 bits per heavy atom. The second-order valence-electron chi connectivity index (χ2n) is 6.52. The van der Waals surface area contributed by atoms with Gasteiger partial charge in [-0.1, -0.05) is 46.3 Å². The summed E-state index contributed by atoms with van der Waals surface area (Å²) >= 11 is 3.56. The van der Waals surface area contributed by atoms with Gasteiger partial charge in [0.1, 0.15) is 13.2 Å². The molecule has 0 atom stereocenters. The molecule has 1 heterocycles. The van der Waals surface area contributed by atoms with Gasteiger partial charge in [-0.2, -0.15) is 5.10 Å². The van der Waals surface area contributed by atoms with E-state index >= 15 is 0 Å². The lowest BCUT2D eigenvalue weighted by atomic mass is 10.0. The molecular weight excluding hydrogens is 420 g/mol. The van der Waals surface area contributed by atoms with Crippen LogP contribution in [-0.2, 0) is 11.2 Å². The number of hydrogen-bond donors (Lipinski definition) is 1. The SMILES string of the molecule is C/C(=N\NC(=O)Cc1ccc(Br)c2ccccc12)c1ccc2c(c1)OCCO2. The van der Waals surface area contributed by atoms with Crippen LogP contribution >= 0.6 is 15.9 Å². The number of hydrazone groups is 1. The summed E-state index contributed by atoms with van der Waals surface area (Å²) in [5, 5.41) is 6.39. The number of benzene rings is 3. The van der Waals surface area contributed by atoms with Crippen molar-refractivity contribution in [3.63, 3.8) is 0 Å². The molecule has 0 radical (unpaired) electrons. The molecule has 0 fully saturated rings. The number of fused-ring (bicyclic) bond motifs is 2. The van der Waals surface area contributed by atoms with Gasteiger partial charge in [-0.15, -0.1) is 0 Å². The Kier molecular flexibility index (Phi) is 5.30. The van der Waals surface area contributed by atoms with Gasteiger partial charge in [-0.25, -0.2) is 5.43 Å². The fourth-order valence-corrected chi connectivity index (χ4v) is 3.65. The molecule has 1 N–H and O–H groups in total. The summed E-state index contributed by atoms with van der Waals surface area (Å²) in [6, 6.07) is 17.6. The van der Waals surface area contributed by atoms with E-state index in [1.807, 2.05) is 61.5 Å². The standard InChI is InChI=1S/C22H19BrN2O3/c1-14(15-7-9-20-21(12-15)28-11-10-27-20)24-25-22(26)13-16-6-8-19(23)18-5-3-2-4-17(16)18/h2-9,12H,10-11,13H2,1H3,(H,25,26)/b24-14+. The van der Waals surface area contributed by atoms with Crippen molar-refractivity contribution < 1.29 is 14.3 Å². The maximum absolute atomic E-state index is 12.4. The molecule has 3 aromatic rings. The quantitative estimate of drug-likeness (QED) is 0.483. The second-order valence-corrected chi connectivity index (χ2v) is 7.37. The Balaban J connectivity index is 1.48. The summed E-state index contributed by atoms with van der Waals surface area (Å²) in [5.74, 6) is 1.27. The number of nitrogens with one attached hydrogen (secondary N) is 1. The largest absolute Gasteiger partial charge is 0.486 e. The average molecular weight is 439 g/mol. The predicted molar refractivity (Wildman–Crippen MR) is 113 cm³/mol. The Hall–Kier alpha value is -2.86.